The minimum absolute atomic E-state index is 0.190. The lowest BCUT2D eigenvalue weighted by Gasteiger charge is -2.12. The highest BCUT2D eigenvalue weighted by molar-refractivity contribution is 5.92. The number of aryl methyl sites for hydroxylation is 1. The molecule has 1 aromatic carbocycles. The van der Waals surface area contributed by atoms with Crippen LogP contribution in [-0.4, -0.2) is 21.9 Å². The number of amides is 1. The first kappa shape index (κ1) is 15.4. The highest BCUT2D eigenvalue weighted by Crippen LogP contribution is 2.19. The van der Waals surface area contributed by atoms with Gasteiger partial charge in [0.1, 0.15) is 11.5 Å². The van der Waals surface area contributed by atoms with Crippen molar-refractivity contribution in [1.82, 2.24) is 15.3 Å². The number of carbonyl (C=O) groups excluding carboxylic acids is 1. The molecule has 0 saturated heterocycles. The monoisotopic (exact) mass is 314 g/mol. The summed E-state index contributed by atoms with van der Waals surface area (Å²) >= 11 is 0. The van der Waals surface area contributed by atoms with E-state index in [4.69, 9.17) is 0 Å². The second-order valence-electron chi connectivity index (χ2n) is 5.81. The van der Waals surface area contributed by atoms with Crippen LogP contribution in [0.2, 0.25) is 0 Å². The zero-order chi connectivity index (χ0) is 16.2. The van der Waals surface area contributed by atoms with Crippen LogP contribution in [0.3, 0.4) is 0 Å². The zero-order valence-electron chi connectivity index (χ0n) is 13.0. The van der Waals surface area contributed by atoms with E-state index in [2.05, 4.69) is 20.6 Å². The Kier molecular flexibility index (Phi) is 4.50. The zero-order valence-corrected chi connectivity index (χ0v) is 13.0. The fourth-order valence-electron chi connectivity index (χ4n) is 2.77. The molecule has 2 aromatic rings. The normalized spacial score (nSPS) is 14.7. The average Bonchev–Trinajstić information content (AvgIpc) is 2.99. The molecule has 0 unspecified atom stereocenters. The van der Waals surface area contributed by atoms with Gasteiger partial charge in [0.25, 0.3) is 5.91 Å². The third-order valence-corrected chi connectivity index (χ3v) is 3.86. The van der Waals surface area contributed by atoms with E-state index >= 15 is 0 Å². The van der Waals surface area contributed by atoms with Gasteiger partial charge in [-0.25, -0.2) is 14.4 Å². The number of rotatable bonds is 4. The van der Waals surface area contributed by atoms with Gasteiger partial charge in [-0.15, -0.1) is 0 Å². The second kappa shape index (κ2) is 6.73. The Balaban J connectivity index is 1.76. The molecule has 1 saturated carbocycles. The molecule has 23 heavy (non-hydrogen) atoms. The lowest BCUT2D eigenvalue weighted by atomic mass is 10.2. The van der Waals surface area contributed by atoms with Gasteiger partial charge in [-0.05, 0) is 44.0 Å². The van der Waals surface area contributed by atoms with Crippen LogP contribution in [-0.2, 0) is 0 Å². The summed E-state index contributed by atoms with van der Waals surface area (Å²) in [6.07, 6.45) is 4.34. The summed E-state index contributed by atoms with van der Waals surface area (Å²) in [7, 11) is 0. The van der Waals surface area contributed by atoms with E-state index in [1.54, 1.807) is 25.1 Å². The molecule has 1 aliphatic rings. The number of anilines is 2. The first-order chi connectivity index (χ1) is 11.1. The largest absolute Gasteiger partial charge is 0.348 e. The Labute approximate surface area is 134 Å². The van der Waals surface area contributed by atoms with Gasteiger partial charge in [0, 0.05) is 17.4 Å². The molecular weight excluding hydrogens is 295 g/mol. The summed E-state index contributed by atoms with van der Waals surface area (Å²) in [5.41, 5.74) is 1.54. The molecule has 0 atom stereocenters. The fraction of sp³-hybridized carbons (Fsp3) is 0.353. The molecule has 120 valence electrons. The van der Waals surface area contributed by atoms with E-state index in [0.29, 0.717) is 17.1 Å². The fourth-order valence-corrected chi connectivity index (χ4v) is 2.77. The van der Waals surface area contributed by atoms with Crippen LogP contribution >= 0.6 is 0 Å². The summed E-state index contributed by atoms with van der Waals surface area (Å²) in [4.78, 5) is 20.8. The van der Waals surface area contributed by atoms with E-state index in [-0.39, 0.29) is 23.7 Å². The third kappa shape index (κ3) is 4.03. The van der Waals surface area contributed by atoms with Crippen molar-refractivity contribution in [3.8, 4) is 0 Å². The topological polar surface area (TPSA) is 66.9 Å². The van der Waals surface area contributed by atoms with E-state index in [0.717, 1.165) is 25.7 Å². The summed E-state index contributed by atoms with van der Waals surface area (Å²) in [6, 6.07) is 7.92. The van der Waals surface area contributed by atoms with Gasteiger partial charge in [0.2, 0.25) is 5.95 Å². The lowest BCUT2D eigenvalue weighted by molar-refractivity contribution is 0.0932. The first-order valence-corrected chi connectivity index (χ1v) is 7.79. The van der Waals surface area contributed by atoms with E-state index < -0.39 is 0 Å². The third-order valence-electron chi connectivity index (χ3n) is 3.86. The molecule has 2 N–H and O–H groups in total. The maximum atomic E-state index is 13.2. The van der Waals surface area contributed by atoms with Gasteiger partial charge >= 0.3 is 0 Å². The van der Waals surface area contributed by atoms with E-state index in [9.17, 15) is 9.18 Å². The van der Waals surface area contributed by atoms with Crippen LogP contribution in [0.15, 0.2) is 30.3 Å². The Morgan fingerprint density at radius 2 is 2.00 bits per heavy atom. The smallest absolute Gasteiger partial charge is 0.270 e. The summed E-state index contributed by atoms with van der Waals surface area (Å²) in [5.74, 6) is -0.251. The maximum absolute atomic E-state index is 13.2. The van der Waals surface area contributed by atoms with Crippen LogP contribution in [0, 0.1) is 12.7 Å². The van der Waals surface area contributed by atoms with Gasteiger partial charge in [0.15, 0.2) is 0 Å². The van der Waals surface area contributed by atoms with Crippen molar-refractivity contribution in [3.05, 3.63) is 47.5 Å². The Morgan fingerprint density at radius 1 is 1.22 bits per heavy atom. The van der Waals surface area contributed by atoms with Gasteiger partial charge < -0.3 is 10.6 Å². The molecule has 5 nitrogen and oxygen atoms in total. The molecule has 1 aromatic heterocycles. The molecule has 0 aliphatic heterocycles. The van der Waals surface area contributed by atoms with E-state index in [1.807, 2.05) is 0 Å². The quantitative estimate of drug-likeness (QED) is 0.908. The Hall–Kier alpha value is -2.50. The number of hydrogen-bond donors (Lipinski definition) is 2. The second-order valence-corrected chi connectivity index (χ2v) is 5.81. The van der Waals surface area contributed by atoms with E-state index in [1.165, 1.54) is 12.1 Å². The minimum atomic E-state index is -0.346. The molecule has 0 bridgehead atoms. The molecule has 1 fully saturated rings. The van der Waals surface area contributed by atoms with Gasteiger partial charge in [-0.1, -0.05) is 18.9 Å². The minimum Gasteiger partial charge on any atom is -0.348 e. The predicted molar refractivity (Wildman–Crippen MR) is 86.2 cm³/mol. The lowest BCUT2D eigenvalue weighted by Crippen LogP contribution is -2.33. The van der Waals surface area contributed by atoms with Crippen LogP contribution < -0.4 is 10.6 Å². The highest BCUT2D eigenvalue weighted by atomic mass is 19.1. The van der Waals surface area contributed by atoms with Gasteiger partial charge in [-0.3, -0.25) is 4.79 Å². The summed E-state index contributed by atoms with van der Waals surface area (Å²) in [5, 5.41) is 5.94. The van der Waals surface area contributed by atoms with Crippen molar-refractivity contribution < 1.29 is 9.18 Å². The number of carbonyl (C=O) groups is 1. The Bertz CT molecular complexity index is 713. The molecule has 1 heterocycles. The average molecular weight is 314 g/mol. The van der Waals surface area contributed by atoms with Crippen molar-refractivity contribution in [2.45, 2.75) is 38.6 Å². The number of aromatic nitrogens is 2. The molecular formula is C17H19FN4O. The number of nitrogens with zero attached hydrogens (tertiary/aromatic N) is 2. The molecule has 0 spiro atoms. The van der Waals surface area contributed by atoms with Crippen molar-refractivity contribution in [1.29, 1.82) is 0 Å². The van der Waals surface area contributed by atoms with Crippen LogP contribution in [0.5, 0.6) is 0 Å². The van der Waals surface area contributed by atoms with Crippen LogP contribution in [0.25, 0.3) is 0 Å². The summed E-state index contributed by atoms with van der Waals surface area (Å²) in [6.45, 7) is 1.80. The number of nitrogens with one attached hydrogen (secondary N) is 2. The van der Waals surface area contributed by atoms with Crippen molar-refractivity contribution >= 4 is 17.5 Å². The summed E-state index contributed by atoms with van der Waals surface area (Å²) < 4.78 is 13.2. The van der Waals surface area contributed by atoms with Crippen LogP contribution in [0.1, 0.15) is 41.9 Å². The molecule has 6 heteroatoms. The maximum Gasteiger partial charge on any atom is 0.270 e. The van der Waals surface area contributed by atoms with Crippen LogP contribution in [0.4, 0.5) is 16.0 Å². The number of benzene rings is 1. The van der Waals surface area contributed by atoms with Crippen molar-refractivity contribution in [2.24, 2.45) is 0 Å². The first-order valence-electron chi connectivity index (χ1n) is 7.79. The SMILES string of the molecule is Cc1cc(C(=O)NC2CCCC2)nc(Nc2cccc(F)c2)n1. The van der Waals surface area contributed by atoms with Gasteiger partial charge in [0.05, 0.1) is 0 Å². The van der Waals surface area contributed by atoms with Gasteiger partial charge in [-0.2, -0.15) is 0 Å². The molecule has 0 radical (unpaired) electrons. The highest BCUT2D eigenvalue weighted by Gasteiger charge is 2.19. The number of halogens is 1. The molecule has 1 amide bonds. The van der Waals surface area contributed by atoms with Crippen molar-refractivity contribution in [3.63, 3.8) is 0 Å². The molecule has 1 aliphatic carbocycles. The molecule has 3 rings (SSSR count). The number of hydrogen-bond acceptors (Lipinski definition) is 4. The van der Waals surface area contributed by atoms with Crippen molar-refractivity contribution in [2.75, 3.05) is 5.32 Å². The predicted octanol–water partition coefficient (Wildman–Crippen LogP) is 3.34. The Morgan fingerprint density at radius 3 is 2.74 bits per heavy atom. The standard InChI is InChI=1S/C17H19FN4O/c1-11-9-15(16(23)20-13-6-2-3-7-13)22-17(19-11)21-14-8-4-5-12(18)10-14/h4-5,8-10,13H,2-3,6-7H2,1H3,(H,20,23)(H,19,21,22).